The van der Waals surface area contributed by atoms with Crippen molar-refractivity contribution in [3.05, 3.63) is 51.6 Å². The maximum atomic E-state index is 12.7. The average Bonchev–Trinajstić information content (AvgIpc) is 2.53. The molecule has 0 radical (unpaired) electrons. The van der Waals surface area contributed by atoms with Gasteiger partial charge in [0.2, 0.25) is 0 Å². The molecule has 0 fully saturated rings. The second kappa shape index (κ2) is 7.83. The maximum Gasteiger partial charge on any atom is 0.261 e. The van der Waals surface area contributed by atoms with Crippen molar-refractivity contribution in [2.45, 2.75) is 31.2 Å². The largest absolute Gasteiger partial charge is 0.496 e. The first-order chi connectivity index (χ1) is 12.0. The van der Waals surface area contributed by atoms with E-state index in [0.29, 0.717) is 9.32 Å². The monoisotopic (exact) mass is 488 g/mol. The second-order valence-corrected chi connectivity index (χ2v) is 9.50. The van der Waals surface area contributed by atoms with Gasteiger partial charge in [0.25, 0.3) is 15.9 Å². The van der Waals surface area contributed by atoms with Crippen LogP contribution in [0.2, 0.25) is 0 Å². The van der Waals surface area contributed by atoms with Crippen LogP contribution in [0.1, 0.15) is 31.1 Å². The zero-order chi connectivity index (χ0) is 19.5. The molecule has 8 heteroatoms. The van der Waals surface area contributed by atoms with E-state index in [2.05, 4.69) is 10.0 Å². The number of para-hydroxylation sites is 1. The molecule has 140 valence electrons. The molecule has 0 aliphatic rings. The van der Waals surface area contributed by atoms with Gasteiger partial charge in [-0.1, -0.05) is 12.1 Å². The van der Waals surface area contributed by atoms with E-state index >= 15 is 0 Å². The summed E-state index contributed by atoms with van der Waals surface area (Å²) in [5, 5.41) is 2.83. The third-order valence-corrected chi connectivity index (χ3v) is 5.54. The molecule has 0 unspecified atom stereocenters. The molecule has 2 rings (SSSR count). The van der Waals surface area contributed by atoms with Gasteiger partial charge in [-0.3, -0.25) is 9.52 Å². The Balaban J connectivity index is 2.36. The molecule has 0 spiro atoms. The van der Waals surface area contributed by atoms with Crippen molar-refractivity contribution in [2.75, 3.05) is 11.8 Å². The van der Waals surface area contributed by atoms with Crippen LogP contribution in [0.4, 0.5) is 5.69 Å². The van der Waals surface area contributed by atoms with E-state index in [1.54, 1.807) is 30.3 Å². The van der Waals surface area contributed by atoms with E-state index in [1.807, 2.05) is 43.4 Å². The van der Waals surface area contributed by atoms with Crippen molar-refractivity contribution in [2.24, 2.45) is 0 Å². The number of benzene rings is 2. The number of hydrogen-bond donors (Lipinski definition) is 2. The molecule has 0 atom stereocenters. The Bertz CT molecular complexity index is 921. The third kappa shape index (κ3) is 5.10. The van der Waals surface area contributed by atoms with E-state index in [-0.39, 0.29) is 22.1 Å². The summed E-state index contributed by atoms with van der Waals surface area (Å²) < 4.78 is 33.8. The Morgan fingerprint density at radius 3 is 2.35 bits per heavy atom. The van der Waals surface area contributed by atoms with Gasteiger partial charge in [-0.25, -0.2) is 8.42 Å². The topological polar surface area (TPSA) is 84.5 Å². The smallest absolute Gasteiger partial charge is 0.261 e. The number of rotatable bonds is 5. The van der Waals surface area contributed by atoms with E-state index in [1.165, 1.54) is 19.2 Å². The van der Waals surface area contributed by atoms with Crippen molar-refractivity contribution in [3.63, 3.8) is 0 Å². The first kappa shape index (κ1) is 20.5. The lowest BCUT2D eigenvalue weighted by Crippen LogP contribution is -2.40. The van der Waals surface area contributed by atoms with Crippen LogP contribution >= 0.6 is 22.6 Å². The molecule has 0 aromatic heterocycles. The summed E-state index contributed by atoms with van der Waals surface area (Å²) in [7, 11) is -2.33. The minimum Gasteiger partial charge on any atom is -0.496 e. The van der Waals surface area contributed by atoms with Gasteiger partial charge in [-0.15, -0.1) is 0 Å². The maximum absolute atomic E-state index is 12.7. The summed E-state index contributed by atoms with van der Waals surface area (Å²) in [5.74, 6) is 0.245. The van der Waals surface area contributed by atoms with Crippen molar-refractivity contribution in [3.8, 4) is 5.75 Å². The average molecular weight is 488 g/mol. The lowest BCUT2D eigenvalue weighted by Gasteiger charge is -2.21. The van der Waals surface area contributed by atoms with Crippen LogP contribution in [0.3, 0.4) is 0 Å². The Morgan fingerprint density at radius 2 is 1.77 bits per heavy atom. The predicted molar refractivity (Wildman–Crippen MR) is 110 cm³/mol. The highest BCUT2D eigenvalue weighted by Gasteiger charge is 2.22. The molecule has 1 amide bonds. The van der Waals surface area contributed by atoms with Crippen LogP contribution in [0.25, 0.3) is 0 Å². The molecular formula is C18H21IN2O4S. The molecule has 0 aliphatic heterocycles. The minimum atomic E-state index is -3.85. The van der Waals surface area contributed by atoms with Crippen LogP contribution in [0, 0.1) is 3.57 Å². The van der Waals surface area contributed by atoms with Gasteiger partial charge in [0.15, 0.2) is 0 Å². The van der Waals surface area contributed by atoms with Gasteiger partial charge in [0, 0.05) is 5.54 Å². The van der Waals surface area contributed by atoms with Gasteiger partial charge in [0.1, 0.15) is 5.75 Å². The summed E-state index contributed by atoms with van der Waals surface area (Å²) in [6, 6.07) is 11.1. The van der Waals surface area contributed by atoms with Crippen molar-refractivity contribution < 1.29 is 17.9 Å². The Morgan fingerprint density at radius 1 is 1.12 bits per heavy atom. The van der Waals surface area contributed by atoms with E-state index in [9.17, 15) is 13.2 Å². The number of ether oxygens (including phenoxy) is 1. The number of anilines is 1. The molecule has 6 nitrogen and oxygen atoms in total. The number of nitrogens with one attached hydrogen (secondary N) is 2. The Hall–Kier alpha value is -1.81. The van der Waals surface area contributed by atoms with Gasteiger partial charge >= 0.3 is 0 Å². The Kier molecular flexibility index (Phi) is 6.17. The van der Waals surface area contributed by atoms with Crippen molar-refractivity contribution in [1.82, 2.24) is 5.32 Å². The minimum absolute atomic E-state index is 0.0914. The quantitative estimate of drug-likeness (QED) is 0.630. The zero-order valence-electron chi connectivity index (χ0n) is 15.0. The van der Waals surface area contributed by atoms with E-state index < -0.39 is 15.6 Å². The molecule has 2 aromatic rings. The normalized spacial score (nSPS) is 11.7. The molecule has 0 bridgehead atoms. The van der Waals surface area contributed by atoms with Crippen LogP contribution in [-0.2, 0) is 10.0 Å². The zero-order valence-corrected chi connectivity index (χ0v) is 17.9. The first-order valence-electron chi connectivity index (χ1n) is 7.81. The second-order valence-electron chi connectivity index (χ2n) is 6.65. The molecule has 2 N–H and O–H groups in total. The summed E-state index contributed by atoms with van der Waals surface area (Å²) in [6.45, 7) is 5.57. The molecular weight excluding hydrogens is 467 g/mol. The van der Waals surface area contributed by atoms with Crippen LogP contribution in [-0.4, -0.2) is 27.0 Å². The Labute approximate surface area is 167 Å². The highest BCUT2D eigenvalue weighted by Crippen LogP contribution is 2.26. The van der Waals surface area contributed by atoms with Crippen molar-refractivity contribution in [1.29, 1.82) is 0 Å². The summed E-state index contributed by atoms with van der Waals surface area (Å²) in [6.07, 6.45) is 0. The summed E-state index contributed by atoms with van der Waals surface area (Å²) in [4.78, 5) is 12.6. The van der Waals surface area contributed by atoms with E-state index in [0.717, 1.165) is 0 Å². The molecule has 2 aromatic carbocycles. The van der Waals surface area contributed by atoms with Gasteiger partial charge in [-0.2, -0.15) is 0 Å². The summed E-state index contributed by atoms with van der Waals surface area (Å²) in [5.41, 5.74) is 0.0455. The number of carbonyl (C=O) groups excluding carboxylic acids is 1. The van der Waals surface area contributed by atoms with Gasteiger partial charge < -0.3 is 10.1 Å². The van der Waals surface area contributed by atoms with Crippen LogP contribution in [0.15, 0.2) is 47.4 Å². The lowest BCUT2D eigenvalue weighted by atomic mass is 10.1. The van der Waals surface area contributed by atoms with Crippen LogP contribution in [0.5, 0.6) is 5.75 Å². The number of amides is 1. The number of halogens is 1. The van der Waals surface area contributed by atoms with Gasteiger partial charge in [0.05, 0.1) is 26.8 Å². The number of carbonyl (C=O) groups is 1. The molecule has 0 saturated carbocycles. The van der Waals surface area contributed by atoms with Crippen molar-refractivity contribution >= 4 is 44.2 Å². The number of sulfonamides is 1. The SMILES string of the molecule is COc1ccc(S(=O)(=O)Nc2ccccc2C(=O)NC(C)(C)C)cc1I. The summed E-state index contributed by atoms with van der Waals surface area (Å²) >= 11 is 2.01. The van der Waals surface area contributed by atoms with E-state index in [4.69, 9.17) is 4.74 Å². The fraction of sp³-hybridized carbons (Fsp3) is 0.278. The van der Waals surface area contributed by atoms with Crippen LogP contribution < -0.4 is 14.8 Å². The molecule has 0 aliphatic carbocycles. The fourth-order valence-electron chi connectivity index (χ4n) is 2.20. The number of methoxy groups -OCH3 is 1. The van der Waals surface area contributed by atoms with Gasteiger partial charge in [-0.05, 0) is 73.7 Å². The first-order valence-corrected chi connectivity index (χ1v) is 10.4. The third-order valence-electron chi connectivity index (χ3n) is 3.34. The highest BCUT2D eigenvalue weighted by atomic mass is 127. The fourth-order valence-corrected chi connectivity index (χ4v) is 4.25. The lowest BCUT2D eigenvalue weighted by molar-refractivity contribution is 0.0920. The molecule has 0 saturated heterocycles. The predicted octanol–water partition coefficient (Wildman–Crippen LogP) is 3.63. The standard InChI is InChI=1S/C18H21IN2O4S/c1-18(2,3)20-17(22)13-7-5-6-8-15(13)21-26(23,24)12-9-10-16(25-4)14(19)11-12/h5-11,21H,1-4H3,(H,20,22). The highest BCUT2D eigenvalue weighted by molar-refractivity contribution is 14.1. The molecule has 26 heavy (non-hydrogen) atoms. The number of hydrogen-bond acceptors (Lipinski definition) is 4. The molecule has 0 heterocycles.